The minimum absolute atomic E-state index is 0.0557. The van der Waals surface area contributed by atoms with E-state index in [1.165, 1.54) is 0 Å². The molecular weight excluding hydrogens is 264 g/mol. The number of hydrogen-bond donors (Lipinski definition) is 2. The lowest BCUT2D eigenvalue weighted by molar-refractivity contribution is -0.115. The fourth-order valence-corrected chi connectivity index (χ4v) is 1.94. The van der Waals surface area contributed by atoms with Crippen molar-refractivity contribution in [2.24, 2.45) is 0 Å². The molecule has 0 saturated carbocycles. The van der Waals surface area contributed by atoms with E-state index in [2.05, 4.69) is 5.32 Å². The van der Waals surface area contributed by atoms with Crippen LogP contribution < -0.4 is 15.8 Å². The number of nitrogens with one attached hydrogen (secondary N) is 1. The van der Waals surface area contributed by atoms with Gasteiger partial charge in [0.05, 0.1) is 18.2 Å². The molecule has 2 rings (SSSR count). The molecule has 4 heteroatoms. The Hall–Kier alpha value is -2.49. The zero-order chi connectivity index (χ0) is 15.2. The van der Waals surface area contributed by atoms with Crippen molar-refractivity contribution >= 4 is 17.3 Å². The van der Waals surface area contributed by atoms with E-state index in [1.807, 2.05) is 50.2 Å². The number of carbonyl (C=O) groups excluding carboxylic acids is 1. The van der Waals surface area contributed by atoms with Crippen molar-refractivity contribution in [3.8, 4) is 5.75 Å². The van der Waals surface area contributed by atoms with Crippen molar-refractivity contribution < 1.29 is 9.53 Å². The Kier molecular flexibility index (Phi) is 4.82. The summed E-state index contributed by atoms with van der Waals surface area (Å²) in [7, 11) is 0. The Morgan fingerprint density at radius 1 is 1.14 bits per heavy atom. The smallest absolute Gasteiger partial charge is 0.228 e. The number of ether oxygens (including phenoxy) is 1. The number of para-hydroxylation sites is 2. The third-order valence-corrected chi connectivity index (χ3v) is 2.87. The first kappa shape index (κ1) is 14.9. The van der Waals surface area contributed by atoms with Crippen molar-refractivity contribution in [2.45, 2.75) is 26.4 Å². The number of anilines is 2. The lowest BCUT2D eigenvalue weighted by Crippen LogP contribution is -2.16. The molecule has 4 nitrogen and oxygen atoms in total. The first-order valence-corrected chi connectivity index (χ1v) is 6.94. The highest BCUT2D eigenvalue weighted by Gasteiger charge is 2.09. The molecule has 0 atom stereocenters. The molecular formula is C17H20N2O2. The van der Waals surface area contributed by atoms with Crippen LogP contribution in [0, 0.1) is 0 Å². The van der Waals surface area contributed by atoms with E-state index in [0.29, 0.717) is 23.5 Å². The van der Waals surface area contributed by atoms with Gasteiger partial charge in [-0.15, -0.1) is 0 Å². The maximum Gasteiger partial charge on any atom is 0.228 e. The number of nitrogen functional groups attached to an aromatic ring is 1. The normalized spacial score (nSPS) is 10.4. The van der Waals surface area contributed by atoms with E-state index in [0.717, 1.165) is 5.56 Å². The Balaban J connectivity index is 2.04. The van der Waals surface area contributed by atoms with Crippen LogP contribution in [0.4, 0.5) is 11.4 Å². The Morgan fingerprint density at radius 3 is 2.48 bits per heavy atom. The van der Waals surface area contributed by atoms with Gasteiger partial charge in [0.25, 0.3) is 0 Å². The fourth-order valence-electron chi connectivity index (χ4n) is 1.94. The predicted octanol–water partition coefficient (Wildman–Crippen LogP) is 3.24. The SMILES string of the molecule is CC(C)Oc1ccccc1NC(=O)Cc1ccc(N)cc1. The summed E-state index contributed by atoms with van der Waals surface area (Å²) in [5.41, 5.74) is 7.93. The Bertz CT molecular complexity index is 606. The number of benzene rings is 2. The fraction of sp³-hybridized carbons (Fsp3) is 0.235. The molecule has 2 aromatic carbocycles. The van der Waals surface area contributed by atoms with Gasteiger partial charge in [0.1, 0.15) is 5.75 Å². The first-order chi connectivity index (χ1) is 10.0. The molecule has 1 amide bonds. The Morgan fingerprint density at radius 2 is 1.81 bits per heavy atom. The van der Waals surface area contributed by atoms with Gasteiger partial charge in [0.2, 0.25) is 5.91 Å². The highest BCUT2D eigenvalue weighted by molar-refractivity contribution is 5.93. The number of hydrogen-bond acceptors (Lipinski definition) is 3. The third-order valence-electron chi connectivity index (χ3n) is 2.87. The van der Waals surface area contributed by atoms with Gasteiger partial charge in [0, 0.05) is 5.69 Å². The van der Waals surface area contributed by atoms with Gasteiger partial charge < -0.3 is 15.8 Å². The molecule has 0 aliphatic rings. The number of nitrogens with two attached hydrogens (primary N) is 1. The Labute approximate surface area is 124 Å². The van der Waals surface area contributed by atoms with Crippen LogP contribution in [0.1, 0.15) is 19.4 Å². The summed E-state index contributed by atoms with van der Waals surface area (Å²) >= 11 is 0. The van der Waals surface area contributed by atoms with Gasteiger partial charge in [-0.2, -0.15) is 0 Å². The van der Waals surface area contributed by atoms with E-state index < -0.39 is 0 Å². The van der Waals surface area contributed by atoms with Crippen LogP contribution in [0.5, 0.6) is 5.75 Å². The van der Waals surface area contributed by atoms with E-state index in [4.69, 9.17) is 10.5 Å². The molecule has 0 fully saturated rings. The quantitative estimate of drug-likeness (QED) is 0.828. The maximum absolute atomic E-state index is 12.1. The maximum atomic E-state index is 12.1. The van der Waals surface area contributed by atoms with Crippen molar-refractivity contribution in [1.29, 1.82) is 0 Å². The monoisotopic (exact) mass is 284 g/mol. The predicted molar refractivity (Wildman–Crippen MR) is 85.4 cm³/mol. The van der Waals surface area contributed by atoms with Crippen molar-refractivity contribution in [3.63, 3.8) is 0 Å². The molecule has 110 valence electrons. The summed E-state index contributed by atoms with van der Waals surface area (Å²) < 4.78 is 5.68. The molecule has 21 heavy (non-hydrogen) atoms. The highest BCUT2D eigenvalue weighted by Crippen LogP contribution is 2.25. The average molecular weight is 284 g/mol. The van der Waals surface area contributed by atoms with Crippen molar-refractivity contribution in [1.82, 2.24) is 0 Å². The van der Waals surface area contributed by atoms with Gasteiger partial charge >= 0.3 is 0 Å². The molecule has 0 aliphatic heterocycles. The first-order valence-electron chi connectivity index (χ1n) is 6.94. The van der Waals surface area contributed by atoms with Crippen LogP contribution in [-0.2, 0) is 11.2 Å². The average Bonchev–Trinajstić information content (AvgIpc) is 2.43. The summed E-state index contributed by atoms with van der Waals surface area (Å²) in [6, 6.07) is 14.7. The number of rotatable bonds is 5. The summed E-state index contributed by atoms with van der Waals surface area (Å²) in [6.07, 6.45) is 0.358. The summed E-state index contributed by atoms with van der Waals surface area (Å²) in [6.45, 7) is 3.90. The van der Waals surface area contributed by atoms with Gasteiger partial charge in [-0.25, -0.2) is 0 Å². The van der Waals surface area contributed by atoms with Crippen LogP contribution >= 0.6 is 0 Å². The molecule has 0 heterocycles. The summed E-state index contributed by atoms with van der Waals surface area (Å²) in [4.78, 5) is 12.1. The largest absolute Gasteiger partial charge is 0.489 e. The van der Waals surface area contributed by atoms with Crippen molar-refractivity contribution in [2.75, 3.05) is 11.1 Å². The standard InChI is InChI=1S/C17H20N2O2/c1-12(2)21-16-6-4-3-5-15(16)19-17(20)11-13-7-9-14(18)10-8-13/h3-10,12H,11,18H2,1-2H3,(H,19,20). The van der Waals surface area contributed by atoms with E-state index in [9.17, 15) is 4.79 Å². The molecule has 0 unspecified atom stereocenters. The highest BCUT2D eigenvalue weighted by atomic mass is 16.5. The number of amides is 1. The van der Waals surface area contributed by atoms with Crippen molar-refractivity contribution in [3.05, 3.63) is 54.1 Å². The molecule has 0 radical (unpaired) electrons. The zero-order valence-corrected chi connectivity index (χ0v) is 12.3. The summed E-state index contributed by atoms with van der Waals surface area (Å²) in [5, 5.41) is 2.88. The van der Waals surface area contributed by atoms with Crippen LogP contribution in [0.15, 0.2) is 48.5 Å². The molecule has 3 N–H and O–H groups in total. The zero-order valence-electron chi connectivity index (χ0n) is 12.3. The molecule has 0 aromatic heterocycles. The summed E-state index contributed by atoms with van der Waals surface area (Å²) in [5.74, 6) is 0.595. The number of carbonyl (C=O) groups is 1. The minimum atomic E-state index is -0.0837. The van der Waals surface area contributed by atoms with E-state index in [-0.39, 0.29) is 12.0 Å². The molecule has 2 aromatic rings. The molecule has 0 saturated heterocycles. The van der Waals surface area contributed by atoms with Gasteiger partial charge in [-0.1, -0.05) is 24.3 Å². The topological polar surface area (TPSA) is 64.3 Å². The second-order valence-corrected chi connectivity index (χ2v) is 5.13. The molecule has 0 aliphatic carbocycles. The van der Waals surface area contributed by atoms with E-state index >= 15 is 0 Å². The third kappa shape index (κ3) is 4.53. The minimum Gasteiger partial charge on any atom is -0.489 e. The van der Waals surface area contributed by atoms with Gasteiger partial charge in [-0.05, 0) is 43.7 Å². The van der Waals surface area contributed by atoms with Crippen LogP contribution in [0.25, 0.3) is 0 Å². The van der Waals surface area contributed by atoms with Crippen LogP contribution in [0.3, 0.4) is 0 Å². The molecule has 0 bridgehead atoms. The van der Waals surface area contributed by atoms with Gasteiger partial charge in [0.15, 0.2) is 0 Å². The second kappa shape index (κ2) is 6.79. The van der Waals surface area contributed by atoms with Crippen LogP contribution in [0.2, 0.25) is 0 Å². The lowest BCUT2D eigenvalue weighted by atomic mass is 10.1. The lowest BCUT2D eigenvalue weighted by Gasteiger charge is -2.14. The van der Waals surface area contributed by atoms with Gasteiger partial charge in [-0.3, -0.25) is 4.79 Å². The second-order valence-electron chi connectivity index (χ2n) is 5.13. The van der Waals surface area contributed by atoms with E-state index in [1.54, 1.807) is 12.1 Å². The van der Waals surface area contributed by atoms with Crippen LogP contribution in [-0.4, -0.2) is 12.0 Å². The molecule has 0 spiro atoms.